The first-order valence-electron chi connectivity index (χ1n) is 7.43. The maximum atomic E-state index is 12.1. The van der Waals surface area contributed by atoms with Gasteiger partial charge in [-0.2, -0.15) is 0 Å². The van der Waals surface area contributed by atoms with Gasteiger partial charge in [0.15, 0.2) is 23.6 Å². The van der Waals surface area contributed by atoms with E-state index in [-0.39, 0.29) is 5.76 Å². The number of carboxylic acids is 1. The van der Waals surface area contributed by atoms with Crippen molar-refractivity contribution in [3.8, 4) is 5.75 Å². The average Bonchev–Trinajstić information content (AvgIpc) is 2.52. The molecule has 2 rings (SSSR count). The summed E-state index contributed by atoms with van der Waals surface area (Å²) in [7, 11) is 0. The molecule has 0 saturated heterocycles. The Kier molecular flexibility index (Phi) is 5.49. The summed E-state index contributed by atoms with van der Waals surface area (Å²) in [6, 6.07) is 6.40. The summed E-state index contributed by atoms with van der Waals surface area (Å²) in [5.41, 5.74) is 0.548. The minimum absolute atomic E-state index is 0.153. The van der Waals surface area contributed by atoms with E-state index in [2.05, 4.69) is 0 Å². The molecule has 0 aromatic heterocycles. The number of esters is 1. The first-order valence-corrected chi connectivity index (χ1v) is 7.43. The van der Waals surface area contributed by atoms with Crippen molar-refractivity contribution in [3.05, 3.63) is 47.7 Å². The van der Waals surface area contributed by atoms with Crippen LogP contribution in [-0.4, -0.2) is 34.7 Å². The fourth-order valence-corrected chi connectivity index (χ4v) is 2.12. The smallest absolute Gasteiger partial charge is 0.344 e. The van der Waals surface area contributed by atoms with Crippen LogP contribution in [0.15, 0.2) is 42.2 Å². The van der Waals surface area contributed by atoms with E-state index in [1.807, 2.05) is 0 Å². The van der Waals surface area contributed by atoms with Gasteiger partial charge in [0.25, 0.3) is 0 Å². The highest BCUT2D eigenvalue weighted by Crippen LogP contribution is 2.19. The van der Waals surface area contributed by atoms with Crippen molar-refractivity contribution >= 4 is 29.6 Å². The molecule has 1 aromatic carbocycles. The Morgan fingerprint density at radius 3 is 2.68 bits per heavy atom. The number of cyclic esters (lactones) is 1. The fraction of sp³-hybridized carbons (Fsp3) is 0.222. The second-order valence-corrected chi connectivity index (χ2v) is 5.42. The average molecular weight is 344 g/mol. The Morgan fingerprint density at radius 1 is 1.32 bits per heavy atom. The number of ketones is 2. The molecule has 7 heteroatoms. The van der Waals surface area contributed by atoms with Gasteiger partial charge in [0, 0.05) is 6.08 Å². The van der Waals surface area contributed by atoms with Crippen molar-refractivity contribution in [3.63, 3.8) is 0 Å². The molecule has 2 unspecified atom stereocenters. The minimum atomic E-state index is -1.49. The summed E-state index contributed by atoms with van der Waals surface area (Å²) in [6.07, 6.45) is 2.61. The summed E-state index contributed by atoms with van der Waals surface area (Å²) in [5, 5.41) is 8.84. The van der Waals surface area contributed by atoms with Crippen LogP contribution in [0, 0.1) is 5.92 Å². The topological polar surface area (TPSA) is 107 Å². The number of benzene rings is 1. The molecule has 7 nitrogen and oxygen atoms in total. The second-order valence-electron chi connectivity index (χ2n) is 5.42. The first kappa shape index (κ1) is 18.1. The third-order valence-corrected chi connectivity index (χ3v) is 3.37. The standard InChI is InChI=1S/C18H16O7/c1-10-8-15(20)16(18(23)24-10)14(19)7-6-12-4-3-5-13(9-12)25-11(2)17(21)22/h3-9,11,16H,1-2H3,(H,21,22)/b7-6+. The zero-order valence-electron chi connectivity index (χ0n) is 13.6. The number of rotatable bonds is 6. The molecule has 1 aromatic rings. The maximum Gasteiger partial charge on any atom is 0.344 e. The van der Waals surface area contributed by atoms with Crippen molar-refractivity contribution in [2.24, 2.45) is 5.92 Å². The molecule has 130 valence electrons. The van der Waals surface area contributed by atoms with Crippen molar-refractivity contribution in [1.29, 1.82) is 0 Å². The number of hydrogen-bond acceptors (Lipinski definition) is 6. The molecule has 0 aliphatic carbocycles. The van der Waals surface area contributed by atoms with Crippen LogP contribution in [0.25, 0.3) is 6.08 Å². The van der Waals surface area contributed by atoms with Gasteiger partial charge in [-0.05, 0) is 37.6 Å². The normalized spacial score (nSPS) is 18.5. The van der Waals surface area contributed by atoms with Gasteiger partial charge in [0.05, 0.1) is 0 Å². The summed E-state index contributed by atoms with van der Waals surface area (Å²) in [6.45, 7) is 2.85. The van der Waals surface area contributed by atoms with Crippen LogP contribution in [0.2, 0.25) is 0 Å². The number of aliphatic carboxylic acids is 1. The van der Waals surface area contributed by atoms with E-state index in [9.17, 15) is 19.2 Å². The Labute approximate surface area is 143 Å². The molecule has 25 heavy (non-hydrogen) atoms. The van der Waals surface area contributed by atoms with Crippen molar-refractivity contribution in [2.45, 2.75) is 20.0 Å². The van der Waals surface area contributed by atoms with Crippen molar-refractivity contribution < 1.29 is 33.8 Å². The van der Waals surface area contributed by atoms with Gasteiger partial charge in [-0.3, -0.25) is 14.4 Å². The molecule has 2 atom stereocenters. The van der Waals surface area contributed by atoms with Crippen LogP contribution in [-0.2, 0) is 23.9 Å². The van der Waals surface area contributed by atoms with Gasteiger partial charge >= 0.3 is 11.9 Å². The molecule has 1 aliphatic rings. The van der Waals surface area contributed by atoms with Crippen LogP contribution < -0.4 is 4.74 Å². The lowest BCUT2D eigenvalue weighted by molar-refractivity contribution is -0.151. The summed E-state index contributed by atoms with van der Waals surface area (Å²) >= 11 is 0. The van der Waals surface area contributed by atoms with Gasteiger partial charge in [-0.15, -0.1) is 0 Å². The van der Waals surface area contributed by atoms with Gasteiger partial charge in [0.1, 0.15) is 11.5 Å². The number of carboxylic acid groups (broad SMARTS) is 1. The highest BCUT2D eigenvalue weighted by atomic mass is 16.5. The van der Waals surface area contributed by atoms with E-state index in [0.717, 1.165) is 12.2 Å². The monoisotopic (exact) mass is 344 g/mol. The fourth-order valence-electron chi connectivity index (χ4n) is 2.12. The van der Waals surface area contributed by atoms with Crippen molar-refractivity contribution in [2.75, 3.05) is 0 Å². The van der Waals surface area contributed by atoms with E-state index in [1.165, 1.54) is 26.0 Å². The summed E-state index contributed by atoms with van der Waals surface area (Å²) < 4.78 is 10.0. The Morgan fingerprint density at radius 2 is 2.04 bits per heavy atom. The quantitative estimate of drug-likeness (QED) is 0.476. The SMILES string of the molecule is CC1=CC(=O)C(C(=O)/C=C/c2cccc(OC(C)C(=O)O)c2)C(=O)O1. The molecular formula is C18H16O7. The first-order chi connectivity index (χ1) is 11.8. The van der Waals surface area contributed by atoms with Crippen LogP contribution in [0.5, 0.6) is 5.75 Å². The third kappa shape index (κ3) is 4.63. The van der Waals surface area contributed by atoms with Gasteiger partial charge < -0.3 is 14.6 Å². The zero-order chi connectivity index (χ0) is 18.6. The van der Waals surface area contributed by atoms with Gasteiger partial charge in [-0.25, -0.2) is 4.79 Å². The number of carbonyl (C=O) groups excluding carboxylic acids is 3. The molecule has 0 radical (unpaired) electrons. The molecule has 0 saturated carbocycles. The molecule has 1 heterocycles. The largest absolute Gasteiger partial charge is 0.479 e. The summed E-state index contributed by atoms with van der Waals surface area (Å²) in [4.78, 5) is 46.4. The molecule has 1 N–H and O–H groups in total. The molecule has 0 bridgehead atoms. The Hall–Kier alpha value is -3.22. The van der Waals surface area contributed by atoms with Crippen LogP contribution in [0.3, 0.4) is 0 Å². The molecule has 0 spiro atoms. The van der Waals surface area contributed by atoms with Crippen LogP contribution in [0.1, 0.15) is 19.4 Å². The van der Waals surface area contributed by atoms with E-state index >= 15 is 0 Å². The molecule has 0 fully saturated rings. The lowest BCUT2D eigenvalue weighted by Crippen LogP contribution is -2.34. The predicted molar refractivity (Wildman–Crippen MR) is 86.6 cm³/mol. The molecular weight excluding hydrogens is 328 g/mol. The maximum absolute atomic E-state index is 12.1. The number of carbonyl (C=O) groups is 4. The summed E-state index contributed by atoms with van der Waals surface area (Å²) in [5.74, 6) is -4.33. The molecule has 0 amide bonds. The van der Waals surface area contributed by atoms with E-state index in [0.29, 0.717) is 11.3 Å². The van der Waals surface area contributed by atoms with E-state index in [1.54, 1.807) is 18.2 Å². The Balaban J connectivity index is 2.11. The highest BCUT2D eigenvalue weighted by Gasteiger charge is 2.36. The molecule has 1 aliphatic heterocycles. The number of hydrogen-bond donors (Lipinski definition) is 1. The van der Waals surface area contributed by atoms with Crippen LogP contribution >= 0.6 is 0 Å². The predicted octanol–water partition coefficient (Wildman–Crippen LogP) is 1.77. The van der Waals surface area contributed by atoms with E-state index in [4.69, 9.17) is 14.6 Å². The third-order valence-electron chi connectivity index (χ3n) is 3.37. The number of allylic oxidation sites excluding steroid dienone is 3. The lowest BCUT2D eigenvalue weighted by Gasteiger charge is -2.15. The van der Waals surface area contributed by atoms with Crippen LogP contribution in [0.4, 0.5) is 0 Å². The lowest BCUT2D eigenvalue weighted by atomic mass is 9.96. The number of ether oxygens (including phenoxy) is 2. The minimum Gasteiger partial charge on any atom is -0.479 e. The Bertz CT molecular complexity index is 788. The highest BCUT2D eigenvalue weighted by molar-refractivity contribution is 6.25. The van der Waals surface area contributed by atoms with Crippen molar-refractivity contribution in [1.82, 2.24) is 0 Å². The zero-order valence-corrected chi connectivity index (χ0v) is 13.6. The second kappa shape index (κ2) is 7.57. The van der Waals surface area contributed by atoms with Gasteiger partial charge in [-0.1, -0.05) is 18.2 Å². The van der Waals surface area contributed by atoms with E-state index < -0.39 is 35.5 Å². The van der Waals surface area contributed by atoms with Gasteiger partial charge in [0.2, 0.25) is 0 Å².